The number of hydrogen-bond donors (Lipinski definition) is 0. The van der Waals surface area contributed by atoms with Crippen LogP contribution in [0.1, 0.15) is 57.2 Å². The maximum Gasteiger partial charge on any atom is 0.356 e. The highest BCUT2D eigenvalue weighted by molar-refractivity contribution is 5.84. The van der Waals surface area contributed by atoms with E-state index in [1.165, 1.54) is 12.1 Å². The molecule has 0 saturated carbocycles. The van der Waals surface area contributed by atoms with E-state index in [1.807, 2.05) is 26.8 Å². The number of fused-ring (bicyclic) bond motifs is 1. The lowest BCUT2D eigenvalue weighted by atomic mass is 9.63. The first kappa shape index (κ1) is 25.7. The minimum absolute atomic E-state index is 0.0132. The van der Waals surface area contributed by atoms with Gasteiger partial charge in [-0.2, -0.15) is 5.26 Å². The van der Waals surface area contributed by atoms with Gasteiger partial charge >= 0.3 is 17.9 Å². The highest BCUT2D eigenvalue weighted by Gasteiger charge is 2.57. The zero-order chi connectivity index (χ0) is 26.0. The van der Waals surface area contributed by atoms with E-state index in [1.54, 1.807) is 19.1 Å². The van der Waals surface area contributed by atoms with Crippen LogP contribution in [0.25, 0.3) is 0 Å². The maximum absolute atomic E-state index is 14.6. The summed E-state index contributed by atoms with van der Waals surface area (Å²) in [5, 5.41) is 9.50. The molecule has 1 aliphatic rings. The van der Waals surface area contributed by atoms with E-state index in [-0.39, 0.29) is 17.2 Å². The van der Waals surface area contributed by atoms with E-state index >= 15 is 0 Å². The molecule has 1 heterocycles. The topological polar surface area (TPSA) is 112 Å². The molecular weight excluding hydrogens is 457 g/mol. The molecule has 1 aliphatic heterocycles. The van der Waals surface area contributed by atoms with Crippen molar-refractivity contribution in [3.05, 3.63) is 58.9 Å². The Balaban J connectivity index is 1.79. The Labute approximate surface area is 202 Å². The number of carbonyl (C=O) groups excluding carboxylic acids is 3. The van der Waals surface area contributed by atoms with E-state index in [2.05, 4.69) is 10.8 Å². The second kappa shape index (κ2) is 9.74. The molecule has 0 spiro atoms. The maximum atomic E-state index is 14.6. The largest absolute Gasteiger partial charge is 0.474 e. The Morgan fingerprint density at radius 2 is 1.86 bits per heavy atom. The van der Waals surface area contributed by atoms with Gasteiger partial charge in [0.05, 0.1) is 12.0 Å². The van der Waals surface area contributed by atoms with Crippen molar-refractivity contribution in [1.82, 2.24) is 0 Å². The summed E-state index contributed by atoms with van der Waals surface area (Å²) in [6, 6.07) is 11.0. The van der Waals surface area contributed by atoms with Crippen LogP contribution < -0.4 is 9.47 Å². The van der Waals surface area contributed by atoms with E-state index in [0.29, 0.717) is 11.3 Å². The fourth-order valence-corrected chi connectivity index (χ4v) is 3.86. The van der Waals surface area contributed by atoms with E-state index < -0.39 is 48.0 Å². The van der Waals surface area contributed by atoms with Crippen LogP contribution >= 0.6 is 0 Å². The molecule has 2 aromatic carbocycles. The lowest BCUT2D eigenvalue weighted by molar-refractivity contribution is -0.166. The Bertz CT molecular complexity index is 1220. The molecule has 0 bridgehead atoms. The summed E-state index contributed by atoms with van der Waals surface area (Å²) in [6.07, 6.45) is -0.402. The van der Waals surface area contributed by atoms with Gasteiger partial charge in [-0.15, -0.1) is 0 Å². The predicted octanol–water partition coefficient (Wildman–Crippen LogP) is 4.19. The normalized spacial score (nSPS) is 20.0. The van der Waals surface area contributed by atoms with Gasteiger partial charge < -0.3 is 18.9 Å². The van der Waals surface area contributed by atoms with Gasteiger partial charge in [-0.3, -0.25) is 9.59 Å². The Kier molecular flexibility index (Phi) is 7.15. The molecule has 0 radical (unpaired) electrons. The lowest BCUT2D eigenvalue weighted by Crippen LogP contribution is -2.59. The fourth-order valence-electron chi connectivity index (χ4n) is 3.86. The monoisotopic (exact) mass is 483 g/mol. The third-order valence-electron chi connectivity index (χ3n) is 6.69. The summed E-state index contributed by atoms with van der Waals surface area (Å²) in [5.41, 5.74) is -1.09. The van der Waals surface area contributed by atoms with Crippen molar-refractivity contribution >= 4 is 17.9 Å². The molecule has 8 nitrogen and oxygen atoms in total. The number of ether oxygens (including phenoxy) is 4. The standard InChI is InChI=1S/C26H26FNO7/c1-15-20-8-6-7-18(13-28)23(20)35-26(5,25(15,3)4)24(31)34-19-10-9-17(21(27)12-19)11-22(30)33-14-32-16(2)29/h6-10,12,15H,11,14H2,1-5H3. The van der Waals surface area contributed by atoms with Crippen molar-refractivity contribution < 1.29 is 37.7 Å². The summed E-state index contributed by atoms with van der Waals surface area (Å²) in [6.45, 7) is 7.87. The Morgan fingerprint density at radius 3 is 2.49 bits per heavy atom. The molecule has 35 heavy (non-hydrogen) atoms. The van der Waals surface area contributed by atoms with Crippen molar-refractivity contribution in [3.63, 3.8) is 0 Å². The summed E-state index contributed by atoms with van der Waals surface area (Å²) in [7, 11) is 0. The lowest BCUT2D eigenvalue weighted by Gasteiger charge is -2.49. The second-order valence-electron chi connectivity index (χ2n) is 9.00. The quantitative estimate of drug-likeness (QED) is 0.342. The number of rotatable bonds is 6. The van der Waals surface area contributed by atoms with Gasteiger partial charge in [0.15, 0.2) is 0 Å². The SMILES string of the molecule is CC(=O)OCOC(=O)Cc1ccc(OC(=O)C2(C)Oc3c(C#N)cccc3C(C)C2(C)C)cc1F. The van der Waals surface area contributed by atoms with Crippen molar-refractivity contribution in [2.24, 2.45) is 5.41 Å². The summed E-state index contributed by atoms with van der Waals surface area (Å²) in [5.74, 6) is -2.84. The van der Waals surface area contributed by atoms with Gasteiger partial charge in [-0.1, -0.05) is 39.0 Å². The van der Waals surface area contributed by atoms with Crippen LogP contribution in [0.15, 0.2) is 36.4 Å². The van der Waals surface area contributed by atoms with Crippen molar-refractivity contribution in [2.75, 3.05) is 6.79 Å². The van der Waals surface area contributed by atoms with Gasteiger partial charge in [0.1, 0.15) is 23.4 Å². The third-order valence-corrected chi connectivity index (χ3v) is 6.69. The van der Waals surface area contributed by atoms with Gasteiger partial charge in [0, 0.05) is 18.4 Å². The molecule has 2 aromatic rings. The Hall–Kier alpha value is -3.93. The van der Waals surface area contributed by atoms with Crippen LogP contribution in [0.3, 0.4) is 0 Å². The first-order chi connectivity index (χ1) is 16.4. The second-order valence-corrected chi connectivity index (χ2v) is 9.00. The molecule has 9 heteroatoms. The molecule has 184 valence electrons. The molecule has 2 unspecified atom stereocenters. The van der Waals surface area contributed by atoms with Gasteiger partial charge in [0.2, 0.25) is 12.4 Å². The van der Waals surface area contributed by atoms with Gasteiger partial charge in [-0.05, 0) is 36.1 Å². The average molecular weight is 483 g/mol. The van der Waals surface area contributed by atoms with Crippen molar-refractivity contribution in [1.29, 1.82) is 5.26 Å². The molecule has 0 saturated heterocycles. The highest BCUT2D eigenvalue weighted by atomic mass is 19.1. The minimum atomic E-state index is -1.48. The summed E-state index contributed by atoms with van der Waals surface area (Å²) < 4.78 is 35.5. The zero-order valence-corrected chi connectivity index (χ0v) is 20.1. The molecule has 0 aromatic heterocycles. The number of nitriles is 1. The van der Waals surface area contributed by atoms with Crippen molar-refractivity contribution in [3.8, 4) is 17.6 Å². The molecular formula is C26H26FNO7. The highest BCUT2D eigenvalue weighted by Crippen LogP contribution is 2.54. The first-order valence-electron chi connectivity index (χ1n) is 10.9. The number of carbonyl (C=O) groups is 3. The molecule has 0 N–H and O–H groups in total. The average Bonchev–Trinajstić information content (AvgIpc) is 2.79. The number of para-hydroxylation sites is 1. The molecule has 0 amide bonds. The molecule has 0 aliphatic carbocycles. The van der Waals surface area contributed by atoms with Crippen LogP contribution in [0.4, 0.5) is 4.39 Å². The fraction of sp³-hybridized carbons (Fsp3) is 0.385. The van der Waals surface area contributed by atoms with E-state index in [4.69, 9.17) is 14.2 Å². The number of hydrogen-bond acceptors (Lipinski definition) is 8. The molecule has 2 atom stereocenters. The number of halogens is 1. The predicted molar refractivity (Wildman–Crippen MR) is 121 cm³/mol. The zero-order valence-electron chi connectivity index (χ0n) is 20.1. The van der Waals surface area contributed by atoms with Gasteiger partial charge in [-0.25, -0.2) is 9.18 Å². The van der Waals surface area contributed by atoms with Crippen LogP contribution in [0.2, 0.25) is 0 Å². The van der Waals surface area contributed by atoms with Gasteiger partial charge in [0.25, 0.3) is 0 Å². The van der Waals surface area contributed by atoms with E-state index in [0.717, 1.165) is 18.6 Å². The smallest absolute Gasteiger partial charge is 0.356 e. The van der Waals surface area contributed by atoms with Crippen LogP contribution in [-0.2, 0) is 30.3 Å². The summed E-state index contributed by atoms with van der Waals surface area (Å²) in [4.78, 5) is 35.9. The van der Waals surface area contributed by atoms with Crippen LogP contribution in [-0.4, -0.2) is 30.3 Å². The molecule has 3 rings (SSSR count). The summed E-state index contributed by atoms with van der Waals surface area (Å²) >= 11 is 0. The first-order valence-corrected chi connectivity index (χ1v) is 10.9. The van der Waals surface area contributed by atoms with E-state index in [9.17, 15) is 24.0 Å². The number of esters is 3. The Morgan fingerprint density at radius 1 is 1.14 bits per heavy atom. The number of nitrogens with zero attached hydrogens (tertiary/aromatic N) is 1. The van der Waals surface area contributed by atoms with Crippen LogP contribution in [0, 0.1) is 22.6 Å². The van der Waals surface area contributed by atoms with Crippen molar-refractivity contribution in [2.45, 2.75) is 52.6 Å². The minimum Gasteiger partial charge on any atom is -0.474 e. The number of benzene rings is 2. The molecule has 0 fully saturated rings. The third kappa shape index (κ3) is 4.97. The van der Waals surface area contributed by atoms with Crippen LogP contribution in [0.5, 0.6) is 11.5 Å².